The summed E-state index contributed by atoms with van der Waals surface area (Å²) in [6, 6.07) is 11.4. The third kappa shape index (κ3) is 4.38. The molecule has 1 N–H and O–H groups in total. The van der Waals surface area contributed by atoms with Crippen molar-refractivity contribution in [2.24, 2.45) is 0 Å². The Bertz CT molecular complexity index is 852. The zero-order valence-electron chi connectivity index (χ0n) is 16.6. The van der Waals surface area contributed by atoms with Crippen LogP contribution in [0.25, 0.3) is 0 Å². The molecule has 1 aliphatic rings. The predicted octanol–water partition coefficient (Wildman–Crippen LogP) is 4.41. The van der Waals surface area contributed by atoms with E-state index >= 15 is 0 Å². The van der Waals surface area contributed by atoms with Crippen molar-refractivity contribution in [1.29, 1.82) is 0 Å². The van der Waals surface area contributed by atoms with Gasteiger partial charge in [0.25, 0.3) is 5.91 Å². The van der Waals surface area contributed by atoms with Crippen molar-refractivity contribution >= 4 is 5.91 Å². The second-order valence-electron chi connectivity index (χ2n) is 7.48. The van der Waals surface area contributed by atoms with E-state index in [1.807, 2.05) is 39.0 Å². The van der Waals surface area contributed by atoms with Crippen LogP contribution in [0.15, 0.2) is 42.5 Å². The first-order chi connectivity index (χ1) is 13.3. The van der Waals surface area contributed by atoms with Crippen molar-refractivity contribution in [3.63, 3.8) is 0 Å². The molecule has 0 radical (unpaired) electrons. The molecule has 3 rings (SSSR count). The van der Waals surface area contributed by atoms with E-state index in [1.54, 1.807) is 19.2 Å². The Morgan fingerprint density at radius 1 is 1.32 bits per heavy atom. The number of hydrogen-bond acceptors (Lipinski definition) is 4. The van der Waals surface area contributed by atoms with Gasteiger partial charge in [-0.25, -0.2) is 4.39 Å². The number of hydrogen-bond donors (Lipinski definition) is 1. The normalized spacial score (nSPS) is 18.4. The van der Waals surface area contributed by atoms with Gasteiger partial charge in [-0.1, -0.05) is 19.1 Å². The summed E-state index contributed by atoms with van der Waals surface area (Å²) in [7, 11) is 1.60. The van der Waals surface area contributed by atoms with Crippen LogP contribution in [0.2, 0.25) is 0 Å². The highest BCUT2D eigenvalue weighted by atomic mass is 19.1. The van der Waals surface area contributed by atoms with E-state index < -0.39 is 17.5 Å². The fraction of sp³-hybridized carbons (Fsp3) is 0.409. The summed E-state index contributed by atoms with van der Waals surface area (Å²) >= 11 is 0. The third-order valence-corrected chi connectivity index (χ3v) is 4.76. The molecule has 0 bridgehead atoms. The Morgan fingerprint density at radius 2 is 2.07 bits per heavy atom. The van der Waals surface area contributed by atoms with Crippen LogP contribution in [0.3, 0.4) is 0 Å². The zero-order chi connectivity index (χ0) is 20.3. The molecular formula is C22H26FNO4. The fourth-order valence-corrected chi connectivity index (χ4v) is 3.37. The molecule has 2 atom stereocenters. The van der Waals surface area contributed by atoms with E-state index in [9.17, 15) is 9.18 Å². The van der Waals surface area contributed by atoms with E-state index in [4.69, 9.17) is 14.2 Å². The highest BCUT2D eigenvalue weighted by Crippen LogP contribution is 2.41. The lowest BCUT2D eigenvalue weighted by Gasteiger charge is -2.38. The average molecular weight is 387 g/mol. The highest BCUT2D eigenvalue weighted by Gasteiger charge is 2.36. The lowest BCUT2D eigenvalue weighted by Crippen LogP contribution is -2.45. The van der Waals surface area contributed by atoms with Gasteiger partial charge in [0.1, 0.15) is 17.1 Å². The Morgan fingerprint density at radius 3 is 2.75 bits per heavy atom. The summed E-state index contributed by atoms with van der Waals surface area (Å²) in [6.45, 7) is 5.79. The van der Waals surface area contributed by atoms with Crippen molar-refractivity contribution in [3.8, 4) is 17.2 Å². The molecule has 1 heterocycles. The number of fused-ring (bicyclic) bond motifs is 1. The molecule has 0 spiro atoms. The van der Waals surface area contributed by atoms with Crippen LogP contribution in [0.5, 0.6) is 17.2 Å². The second kappa shape index (κ2) is 8.09. The Hall–Kier alpha value is -2.76. The number of carbonyl (C=O) groups excluding carboxylic acids is 1. The van der Waals surface area contributed by atoms with Crippen molar-refractivity contribution in [3.05, 3.63) is 53.8 Å². The standard InChI is InChI=1S/C22H26FNO4/c1-5-18(27-20-9-7-6-8-16(20)23)21(25)24-17-13-22(2,3)28-19-11-10-14(26-4)12-15(17)19/h6-12,17-18H,5,13H2,1-4H3,(H,24,25). The van der Waals surface area contributed by atoms with Crippen molar-refractivity contribution in [2.75, 3.05) is 7.11 Å². The largest absolute Gasteiger partial charge is 0.497 e. The first-order valence-corrected chi connectivity index (χ1v) is 9.41. The summed E-state index contributed by atoms with van der Waals surface area (Å²) in [5.41, 5.74) is 0.418. The molecule has 2 aromatic rings. The number of rotatable bonds is 6. The van der Waals surface area contributed by atoms with E-state index in [2.05, 4.69) is 5.32 Å². The van der Waals surface area contributed by atoms with E-state index in [0.29, 0.717) is 24.3 Å². The molecule has 0 saturated heterocycles. The Balaban J connectivity index is 1.81. The van der Waals surface area contributed by atoms with Crippen LogP contribution in [0, 0.1) is 5.82 Å². The van der Waals surface area contributed by atoms with Gasteiger partial charge in [-0.15, -0.1) is 0 Å². The maximum atomic E-state index is 13.9. The van der Waals surface area contributed by atoms with Crippen LogP contribution in [-0.2, 0) is 4.79 Å². The quantitative estimate of drug-likeness (QED) is 0.798. The molecule has 0 fully saturated rings. The molecular weight excluding hydrogens is 361 g/mol. The van der Waals surface area contributed by atoms with Gasteiger partial charge in [-0.3, -0.25) is 4.79 Å². The molecule has 28 heavy (non-hydrogen) atoms. The number of methoxy groups -OCH3 is 1. The Labute approximate surface area is 164 Å². The summed E-state index contributed by atoms with van der Waals surface area (Å²) in [6.07, 6.45) is 0.212. The number of ether oxygens (including phenoxy) is 3. The maximum Gasteiger partial charge on any atom is 0.261 e. The molecule has 0 aliphatic carbocycles. The van der Waals surface area contributed by atoms with E-state index in [1.165, 1.54) is 12.1 Å². The average Bonchev–Trinajstić information content (AvgIpc) is 2.66. The van der Waals surface area contributed by atoms with Gasteiger partial charge in [0, 0.05) is 12.0 Å². The minimum absolute atomic E-state index is 0.0684. The van der Waals surface area contributed by atoms with Crippen LogP contribution >= 0.6 is 0 Å². The highest BCUT2D eigenvalue weighted by molar-refractivity contribution is 5.81. The molecule has 5 nitrogen and oxygen atoms in total. The molecule has 1 aliphatic heterocycles. The SMILES string of the molecule is CCC(Oc1ccccc1F)C(=O)NC1CC(C)(C)Oc2ccc(OC)cc21. The second-order valence-corrected chi connectivity index (χ2v) is 7.48. The predicted molar refractivity (Wildman–Crippen MR) is 104 cm³/mol. The Kier molecular flexibility index (Phi) is 5.77. The number of halogens is 1. The van der Waals surface area contributed by atoms with Gasteiger partial charge in [-0.05, 0) is 50.6 Å². The van der Waals surface area contributed by atoms with Gasteiger partial charge >= 0.3 is 0 Å². The lowest BCUT2D eigenvalue weighted by molar-refractivity contribution is -0.129. The number of nitrogens with one attached hydrogen (secondary N) is 1. The van der Waals surface area contributed by atoms with Gasteiger partial charge in [0.2, 0.25) is 0 Å². The first kappa shape index (κ1) is 20.0. The first-order valence-electron chi connectivity index (χ1n) is 9.41. The lowest BCUT2D eigenvalue weighted by atomic mass is 9.89. The van der Waals surface area contributed by atoms with Crippen molar-refractivity contribution in [2.45, 2.75) is 51.4 Å². The molecule has 150 valence electrons. The van der Waals surface area contributed by atoms with Gasteiger partial charge in [0.15, 0.2) is 17.7 Å². The van der Waals surface area contributed by atoms with Gasteiger partial charge in [0.05, 0.1) is 13.2 Å². The van der Waals surface area contributed by atoms with E-state index in [0.717, 1.165) is 5.56 Å². The maximum absolute atomic E-state index is 13.9. The number of carbonyl (C=O) groups is 1. The van der Waals surface area contributed by atoms with E-state index in [-0.39, 0.29) is 17.7 Å². The molecule has 2 unspecified atom stereocenters. The topological polar surface area (TPSA) is 56.8 Å². The molecule has 0 saturated carbocycles. The third-order valence-electron chi connectivity index (χ3n) is 4.76. The van der Waals surface area contributed by atoms with Gasteiger partial charge in [-0.2, -0.15) is 0 Å². The molecule has 0 aromatic heterocycles. The van der Waals surface area contributed by atoms with Crippen LogP contribution in [0.4, 0.5) is 4.39 Å². The smallest absolute Gasteiger partial charge is 0.261 e. The van der Waals surface area contributed by atoms with Gasteiger partial charge < -0.3 is 19.5 Å². The summed E-state index contributed by atoms with van der Waals surface area (Å²) in [5.74, 6) is 0.693. The molecule has 1 amide bonds. The summed E-state index contributed by atoms with van der Waals surface area (Å²) < 4.78 is 30.9. The summed E-state index contributed by atoms with van der Waals surface area (Å²) in [5, 5.41) is 3.05. The number of amides is 1. The van der Waals surface area contributed by atoms with Crippen LogP contribution in [0.1, 0.15) is 45.2 Å². The molecule has 6 heteroatoms. The van der Waals surface area contributed by atoms with Crippen molar-refractivity contribution in [1.82, 2.24) is 5.32 Å². The van der Waals surface area contributed by atoms with Crippen LogP contribution in [-0.4, -0.2) is 24.7 Å². The minimum atomic E-state index is -0.795. The fourth-order valence-electron chi connectivity index (χ4n) is 3.37. The number of para-hydroxylation sites is 1. The monoisotopic (exact) mass is 387 g/mol. The minimum Gasteiger partial charge on any atom is -0.497 e. The van der Waals surface area contributed by atoms with Crippen molar-refractivity contribution < 1.29 is 23.4 Å². The molecule has 2 aromatic carbocycles. The zero-order valence-corrected chi connectivity index (χ0v) is 16.6. The summed E-state index contributed by atoms with van der Waals surface area (Å²) in [4.78, 5) is 12.9. The van der Waals surface area contributed by atoms with Crippen LogP contribution < -0.4 is 19.5 Å². The number of benzene rings is 2.